The Kier molecular flexibility index (Phi) is 5.96. The van der Waals surface area contributed by atoms with Gasteiger partial charge in [0.2, 0.25) is 0 Å². The molecule has 0 spiro atoms. The number of allylic oxidation sites excluding steroid dienone is 1. The Morgan fingerprint density at radius 2 is 2.04 bits per heavy atom. The number of nitrogens with two attached hydrogens (primary N) is 1. The van der Waals surface area contributed by atoms with E-state index in [0.29, 0.717) is 28.7 Å². The van der Waals surface area contributed by atoms with Gasteiger partial charge >= 0.3 is 0 Å². The molecule has 0 saturated carbocycles. The molecule has 6 nitrogen and oxygen atoms in total. The van der Waals surface area contributed by atoms with Crippen molar-refractivity contribution in [1.29, 1.82) is 10.5 Å². The zero-order chi connectivity index (χ0) is 20.1. The van der Waals surface area contributed by atoms with E-state index in [1.165, 1.54) is 0 Å². The minimum absolute atomic E-state index is 0.264. The summed E-state index contributed by atoms with van der Waals surface area (Å²) in [5.41, 5.74) is 8.30. The van der Waals surface area contributed by atoms with Crippen LogP contribution in [0.5, 0.6) is 5.75 Å². The van der Waals surface area contributed by atoms with Crippen molar-refractivity contribution in [3.63, 3.8) is 0 Å². The van der Waals surface area contributed by atoms with Gasteiger partial charge in [-0.3, -0.25) is 0 Å². The normalized spacial score (nSPS) is 19.0. The second kappa shape index (κ2) is 8.58. The highest BCUT2D eigenvalue weighted by Crippen LogP contribution is 2.30. The van der Waals surface area contributed by atoms with Crippen molar-refractivity contribution in [3.8, 4) is 17.9 Å². The monoisotopic (exact) mass is 391 g/mol. The standard InChI is InChI=1S/C21H18ClN5O/c1-2-28-19-9-8-14(11-18(19)22)10-15(12-23)20-17(13-24)21(25)27(26-20)16-6-4-3-5-7-16/h3-11,17,21H,2,25H2,1H3/b15-10-/t17-,21-/m0/s1. The molecule has 7 heteroatoms. The number of anilines is 1. The fourth-order valence-electron chi connectivity index (χ4n) is 2.93. The van der Waals surface area contributed by atoms with E-state index in [4.69, 9.17) is 22.1 Å². The fourth-order valence-corrected chi connectivity index (χ4v) is 3.17. The van der Waals surface area contributed by atoms with Crippen LogP contribution >= 0.6 is 11.6 Å². The van der Waals surface area contributed by atoms with Gasteiger partial charge in [0.25, 0.3) is 0 Å². The van der Waals surface area contributed by atoms with E-state index in [1.54, 1.807) is 29.3 Å². The lowest BCUT2D eigenvalue weighted by Crippen LogP contribution is -2.40. The van der Waals surface area contributed by atoms with Gasteiger partial charge in [0.1, 0.15) is 23.9 Å². The largest absolute Gasteiger partial charge is 0.492 e. The summed E-state index contributed by atoms with van der Waals surface area (Å²) in [5, 5.41) is 25.8. The van der Waals surface area contributed by atoms with Crippen LogP contribution in [-0.2, 0) is 0 Å². The Morgan fingerprint density at radius 1 is 1.29 bits per heavy atom. The van der Waals surface area contributed by atoms with Crippen LogP contribution < -0.4 is 15.5 Å². The number of benzene rings is 2. The number of hydrogen-bond acceptors (Lipinski definition) is 6. The predicted molar refractivity (Wildman–Crippen MR) is 110 cm³/mol. The van der Waals surface area contributed by atoms with E-state index in [2.05, 4.69) is 17.2 Å². The van der Waals surface area contributed by atoms with Gasteiger partial charge in [-0.15, -0.1) is 0 Å². The van der Waals surface area contributed by atoms with Crippen LogP contribution in [0.3, 0.4) is 0 Å². The van der Waals surface area contributed by atoms with Gasteiger partial charge in [-0.1, -0.05) is 35.9 Å². The highest BCUT2D eigenvalue weighted by Gasteiger charge is 2.37. The summed E-state index contributed by atoms with van der Waals surface area (Å²) in [6.07, 6.45) is 0.967. The van der Waals surface area contributed by atoms with Crippen molar-refractivity contribution < 1.29 is 4.74 Å². The average molecular weight is 392 g/mol. The Labute approximate surface area is 168 Å². The highest BCUT2D eigenvalue weighted by atomic mass is 35.5. The average Bonchev–Trinajstić information content (AvgIpc) is 3.05. The van der Waals surface area contributed by atoms with Gasteiger partial charge < -0.3 is 10.5 Å². The number of hydrogen-bond donors (Lipinski definition) is 1. The second-order valence-electron chi connectivity index (χ2n) is 6.06. The van der Waals surface area contributed by atoms with Gasteiger partial charge in [-0.2, -0.15) is 15.6 Å². The molecule has 0 unspecified atom stereocenters. The Bertz CT molecular complexity index is 1000. The van der Waals surface area contributed by atoms with Crippen molar-refractivity contribution in [2.24, 2.45) is 16.8 Å². The zero-order valence-corrected chi connectivity index (χ0v) is 16.0. The Balaban J connectivity index is 1.99. The molecule has 140 valence electrons. The number of halogens is 1. The van der Waals surface area contributed by atoms with Crippen LogP contribution in [0.2, 0.25) is 5.02 Å². The molecule has 0 aromatic heterocycles. The molecule has 0 amide bonds. The molecule has 1 aliphatic heterocycles. The van der Waals surface area contributed by atoms with E-state index < -0.39 is 12.1 Å². The van der Waals surface area contributed by atoms with Crippen molar-refractivity contribution in [3.05, 3.63) is 64.7 Å². The number of nitriles is 2. The molecule has 2 N–H and O–H groups in total. The summed E-state index contributed by atoms with van der Waals surface area (Å²) in [5.74, 6) is -0.158. The van der Waals surface area contributed by atoms with Crippen molar-refractivity contribution in [1.82, 2.24) is 0 Å². The van der Waals surface area contributed by atoms with E-state index in [0.717, 1.165) is 5.69 Å². The van der Waals surface area contributed by atoms with Crippen molar-refractivity contribution in [2.75, 3.05) is 11.6 Å². The van der Waals surface area contributed by atoms with Gasteiger partial charge in [-0.05, 0) is 42.8 Å². The van der Waals surface area contributed by atoms with E-state index in [1.807, 2.05) is 37.3 Å². The Morgan fingerprint density at radius 3 is 2.64 bits per heavy atom. The van der Waals surface area contributed by atoms with Gasteiger partial charge in [0.05, 0.1) is 34.7 Å². The molecule has 0 bridgehead atoms. The highest BCUT2D eigenvalue weighted by molar-refractivity contribution is 6.32. The fraction of sp³-hybridized carbons (Fsp3) is 0.190. The van der Waals surface area contributed by atoms with Crippen LogP contribution in [0.25, 0.3) is 6.08 Å². The quantitative estimate of drug-likeness (QED) is 0.778. The molecule has 2 atom stereocenters. The molecule has 0 radical (unpaired) electrons. The predicted octanol–water partition coefficient (Wildman–Crippen LogP) is 3.95. The number of ether oxygens (including phenoxy) is 1. The van der Waals surface area contributed by atoms with E-state index >= 15 is 0 Å². The summed E-state index contributed by atoms with van der Waals surface area (Å²) in [6, 6.07) is 18.8. The van der Waals surface area contributed by atoms with Crippen LogP contribution in [0.1, 0.15) is 12.5 Å². The zero-order valence-electron chi connectivity index (χ0n) is 15.2. The SMILES string of the molecule is CCOc1ccc(/C=C(/C#N)C2=NN(c3ccccc3)[C@H](N)[C@H]2C#N)cc1Cl. The van der Waals surface area contributed by atoms with Crippen molar-refractivity contribution in [2.45, 2.75) is 13.1 Å². The molecule has 2 aromatic rings. The lowest BCUT2D eigenvalue weighted by molar-refractivity contribution is 0.340. The first kappa shape index (κ1) is 19.4. The van der Waals surface area contributed by atoms with E-state index in [-0.39, 0.29) is 5.57 Å². The lowest BCUT2D eigenvalue weighted by atomic mass is 9.95. The number of hydrazone groups is 1. The molecular weight excluding hydrogens is 374 g/mol. The molecular formula is C21H18ClN5O. The molecule has 1 aliphatic rings. The molecule has 3 rings (SSSR count). The summed E-state index contributed by atoms with van der Waals surface area (Å²) in [4.78, 5) is 0. The molecule has 2 aromatic carbocycles. The number of rotatable bonds is 5. The summed E-state index contributed by atoms with van der Waals surface area (Å²) in [7, 11) is 0. The first-order chi connectivity index (χ1) is 13.6. The molecule has 0 fully saturated rings. The lowest BCUT2D eigenvalue weighted by Gasteiger charge is -2.21. The minimum Gasteiger partial charge on any atom is -0.492 e. The van der Waals surface area contributed by atoms with Crippen LogP contribution in [-0.4, -0.2) is 18.5 Å². The molecule has 0 aliphatic carbocycles. The smallest absolute Gasteiger partial charge is 0.137 e. The maximum absolute atomic E-state index is 9.69. The first-order valence-electron chi connectivity index (χ1n) is 8.71. The first-order valence-corrected chi connectivity index (χ1v) is 9.09. The van der Waals surface area contributed by atoms with E-state index in [9.17, 15) is 10.5 Å². The number of para-hydroxylation sites is 1. The van der Waals surface area contributed by atoms with Gasteiger partial charge in [-0.25, -0.2) is 5.01 Å². The van der Waals surface area contributed by atoms with Crippen LogP contribution in [0.4, 0.5) is 5.69 Å². The maximum Gasteiger partial charge on any atom is 0.137 e. The van der Waals surface area contributed by atoms with Crippen LogP contribution in [0.15, 0.2) is 59.2 Å². The Hall–Kier alpha value is -3.32. The summed E-state index contributed by atoms with van der Waals surface area (Å²) >= 11 is 6.23. The third kappa shape index (κ3) is 3.84. The third-order valence-corrected chi connectivity index (χ3v) is 4.55. The third-order valence-electron chi connectivity index (χ3n) is 4.26. The molecule has 1 heterocycles. The van der Waals surface area contributed by atoms with Gasteiger partial charge in [0.15, 0.2) is 0 Å². The van der Waals surface area contributed by atoms with Gasteiger partial charge in [0, 0.05) is 0 Å². The van der Waals surface area contributed by atoms with Crippen LogP contribution in [0, 0.1) is 28.6 Å². The topological polar surface area (TPSA) is 98.4 Å². The minimum atomic E-state index is -0.732. The molecule has 28 heavy (non-hydrogen) atoms. The summed E-state index contributed by atoms with van der Waals surface area (Å²) < 4.78 is 5.43. The molecule has 0 saturated heterocycles. The second-order valence-corrected chi connectivity index (χ2v) is 6.46. The number of nitrogens with zero attached hydrogens (tertiary/aromatic N) is 4. The maximum atomic E-state index is 9.69. The van der Waals surface area contributed by atoms with Crippen molar-refractivity contribution >= 4 is 29.1 Å². The summed E-state index contributed by atoms with van der Waals surface area (Å²) in [6.45, 7) is 2.38.